The SMILES string of the molecule is CC(Cc1ccc(Oc2cnc3[nH]c4cnc(-c5cccnc5)cc4c3c2)cc1)N1CCCC1. The normalized spacial score (nSPS) is 15.2. The average Bonchev–Trinajstić information content (AvgIpc) is 3.54. The van der Waals surface area contributed by atoms with Gasteiger partial charge < -0.3 is 14.6 Å². The number of rotatable bonds is 6. The molecule has 34 heavy (non-hydrogen) atoms. The van der Waals surface area contributed by atoms with E-state index in [1.807, 2.05) is 30.6 Å². The highest BCUT2D eigenvalue weighted by molar-refractivity contribution is 6.06. The highest BCUT2D eigenvalue weighted by Crippen LogP contribution is 2.31. The molecule has 0 aliphatic carbocycles. The molecule has 6 nitrogen and oxygen atoms in total. The molecule has 170 valence electrons. The van der Waals surface area contributed by atoms with Gasteiger partial charge in [-0.2, -0.15) is 0 Å². The van der Waals surface area contributed by atoms with Crippen molar-refractivity contribution in [2.45, 2.75) is 32.2 Å². The first kappa shape index (κ1) is 20.8. The summed E-state index contributed by atoms with van der Waals surface area (Å²) in [6.07, 6.45) is 10.9. The summed E-state index contributed by atoms with van der Waals surface area (Å²) in [5.41, 5.74) is 4.97. The first-order valence-electron chi connectivity index (χ1n) is 11.9. The molecule has 1 fully saturated rings. The van der Waals surface area contributed by atoms with Crippen LogP contribution in [0.5, 0.6) is 11.5 Å². The number of hydrogen-bond acceptors (Lipinski definition) is 5. The minimum atomic E-state index is 0.578. The number of nitrogens with zero attached hydrogens (tertiary/aromatic N) is 4. The summed E-state index contributed by atoms with van der Waals surface area (Å²) in [6.45, 7) is 4.78. The van der Waals surface area contributed by atoms with Crippen molar-refractivity contribution in [3.63, 3.8) is 0 Å². The Bertz CT molecular complexity index is 1420. The fourth-order valence-electron chi connectivity index (χ4n) is 4.87. The third-order valence-electron chi connectivity index (χ3n) is 6.72. The second kappa shape index (κ2) is 8.88. The van der Waals surface area contributed by atoms with Crippen molar-refractivity contribution in [2.75, 3.05) is 13.1 Å². The average molecular weight is 450 g/mol. The van der Waals surface area contributed by atoms with Crippen LogP contribution in [0, 0.1) is 0 Å². The van der Waals surface area contributed by atoms with Crippen LogP contribution >= 0.6 is 0 Å². The number of nitrogens with one attached hydrogen (secondary N) is 1. The fraction of sp³-hybridized carbons (Fsp3) is 0.250. The lowest BCUT2D eigenvalue weighted by Gasteiger charge is -2.23. The standard InChI is InChI=1S/C28H27N5O/c1-19(33-11-2-3-12-33)13-20-6-8-22(9-7-20)34-23-14-25-24-15-26(21-5-4-10-29-16-21)30-18-27(24)32-28(25)31-17-23/h4-10,14-19H,2-3,11-13H2,1H3,(H,31,32). The van der Waals surface area contributed by atoms with Gasteiger partial charge in [0.25, 0.3) is 0 Å². The molecule has 4 aromatic heterocycles. The van der Waals surface area contributed by atoms with Crippen molar-refractivity contribution in [1.82, 2.24) is 24.8 Å². The molecule has 1 aliphatic rings. The van der Waals surface area contributed by atoms with E-state index < -0.39 is 0 Å². The first-order chi connectivity index (χ1) is 16.7. The highest BCUT2D eigenvalue weighted by Gasteiger charge is 2.18. The number of hydrogen-bond donors (Lipinski definition) is 1. The number of fused-ring (bicyclic) bond motifs is 3. The van der Waals surface area contributed by atoms with Crippen LogP contribution in [0.4, 0.5) is 0 Å². The maximum Gasteiger partial charge on any atom is 0.146 e. The second-order valence-corrected chi connectivity index (χ2v) is 9.09. The fourth-order valence-corrected chi connectivity index (χ4v) is 4.87. The second-order valence-electron chi connectivity index (χ2n) is 9.09. The van der Waals surface area contributed by atoms with Gasteiger partial charge in [0.15, 0.2) is 0 Å². The predicted molar refractivity (Wildman–Crippen MR) is 135 cm³/mol. The Hall–Kier alpha value is -3.77. The zero-order valence-corrected chi connectivity index (χ0v) is 19.2. The number of ether oxygens (including phenoxy) is 1. The Morgan fingerprint density at radius 2 is 1.79 bits per heavy atom. The van der Waals surface area contributed by atoms with E-state index >= 15 is 0 Å². The van der Waals surface area contributed by atoms with Crippen molar-refractivity contribution in [1.29, 1.82) is 0 Å². The van der Waals surface area contributed by atoms with Crippen LogP contribution in [-0.4, -0.2) is 44.0 Å². The Balaban J connectivity index is 1.23. The topological polar surface area (TPSA) is 66.9 Å². The van der Waals surface area contributed by atoms with Gasteiger partial charge in [-0.15, -0.1) is 0 Å². The minimum Gasteiger partial charge on any atom is -0.456 e. The van der Waals surface area contributed by atoms with Crippen LogP contribution in [0.2, 0.25) is 0 Å². The molecule has 1 aromatic carbocycles. The Labute approximate surface area is 198 Å². The highest BCUT2D eigenvalue weighted by atomic mass is 16.5. The van der Waals surface area contributed by atoms with E-state index in [9.17, 15) is 0 Å². The smallest absolute Gasteiger partial charge is 0.146 e. The Kier molecular flexibility index (Phi) is 5.43. The van der Waals surface area contributed by atoms with Crippen LogP contribution in [0.1, 0.15) is 25.3 Å². The zero-order chi connectivity index (χ0) is 22.9. The van der Waals surface area contributed by atoms with E-state index in [2.05, 4.69) is 62.1 Å². The monoisotopic (exact) mass is 449 g/mol. The lowest BCUT2D eigenvalue weighted by atomic mass is 10.1. The number of likely N-dealkylation sites (tertiary alicyclic amines) is 1. The van der Waals surface area contributed by atoms with E-state index in [1.165, 1.54) is 31.5 Å². The molecule has 1 aliphatic heterocycles. The molecule has 0 amide bonds. The molecule has 1 saturated heterocycles. The minimum absolute atomic E-state index is 0.578. The Morgan fingerprint density at radius 3 is 2.59 bits per heavy atom. The van der Waals surface area contributed by atoms with Crippen molar-refractivity contribution in [2.24, 2.45) is 0 Å². The van der Waals surface area contributed by atoms with Gasteiger partial charge in [0.05, 0.1) is 23.6 Å². The predicted octanol–water partition coefficient (Wildman–Crippen LogP) is 5.99. The van der Waals surface area contributed by atoms with Crippen LogP contribution < -0.4 is 4.74 Å². The van der Waals surface area contributed by atoms with Gasteiger partial charge >= 0.3 is 0 Å². The van der Waals surface area contributed by atoms with Crippen LogP contribution in [0.3, 0.4) is 0 Å². The van der Waals surface area contributed by atoms with Gasteiger partial charge in [-0.1, -0.05) is 12.1 Å². The van der Waals surface area contributed by atoms with Crippen molar-refractivity contribution in [3.8, 4) is 22.8 Å². The van der Waals surface area contributed by atoms with E-state index in [1.54, 1.807) is 12.4 Å². The third-order valence-corrected chi connectivity index (χ3v) is 6.72. The number of H-pyrrole nitrogens is 1. The quantitative estimate of drug-likeness (QED) is 0.345. The van der Waals surface area contributed by atoms with Crippen molar-refractivity contribution >= 4 is 21.9 Å². The third kappa shape index (κ3) is 4.13. The Morgan fingerprint density at radius 1 is 0.941 bits per heavy atom. The summed E-state index contributed by atoms with van der Waals surface area (Å²) < 4.78 is 6.17. The molecule has 0 radical (unpaired) electrons. The lowest BCUT2D eigenvalue weighted by molar-refractivity contribution is 0.257. The van der Waals surface area contributed by atoms with Crippen LogP contribution in [-0.2, 0) is 6.42 Å². The molecule has 1 atom stereocenters. The van der Waals surface area contributed by atoms with Gasteiger partial charge in [-0.3, -0.25) is 9.97 Å². The molecule has 0 saturated carbocycles. The van der Waals surface area contributed by atoms with Crippen molar-refractivity contribution in [3.05, 3.63) is 78.9 Å². The summed E-state index contributed by atoms with van der Waals surface area (Å²) in [7, 11) is 0. The maximum absolute atomic E-state index is 6.17. The van der Waals surface area contributed by atoms with E-state index in [0.29, 0.717) is 11.8 Å². The number of aromatic nitrogens is 4. The molecule has 1 N–H and O–H groups in total. The molecule has 6 rings (SSSR count). The summed E-state index contributed by atoms with van der Waals surface area (Å²) in [5.74, 6) is 1.53. The van der Waals surface area contributed by atoms with Gasteiger partial charge in [-0.05, 0) is 81.2 Å². The molecule has 6 heteroatoms. The summed E-state index contributed by atoms with van der Waals surface area (Å²) in [5, 5.41) is 2.07. The molecule has 5 aromatic rings. The molecule has 1 unspecified atom stereocenters. The number of pyridine rings is 3. The van der Waals surface area contributed by atoms with Gasteiger partial charge in [-0.25, -0.2) is 4.98 Å². The lowest BCUT2D eigenvalue weighted by Crippen LogP contribution is -2.31. The van der Waals surface area contributed by atoms with E-state index in [-0.39, 0.29) is 0 Å². The molecule has 0 bridgehead atoms. The van der Waals surface area contributed by atoms with E-state index in [0.717, 1.165) is 45.4 Å². The van der Waals surface area contributed by atoms with Crippen LogP contribution in [0.25, 0.3) is 33.2 Å². The molecular weight excluding hydrogens is 422 g/mol. The number of benzene rings is 1. The van der Waals surface area contributed by atoms with Crippen molar-refractivity contribution < 1.29 is 4.74 Å². The summed E-state index contributed by atoms with van der Waals surface area (Å²) in [6, 6.07) is 17.1. The molecule has 0 spiro atoms. The van der Waals surface area contributed by atoms with Gasteiger partial charge in [0.2, 0.25) is 0 Å². The summed E-state index contributed by atoms with van der Waals surface area (Å²) >= 11 is 0. The molecular formula is C28H27N5O. The largest absolute Gasteiger partial charge is 0.456 e. The first-order valence-corrected chi connectivity index (χ1v) is 11.9. The molecule has 5 heterocycles. The van der Waals surface area contributed by atoms with E-state index in [4.69, 9.17) is 4.74 Å². The summed E-state index contributed by atoms with van der Waals surface area (Å²) in [4.78, 5) is 19.3. The zero-order valence-electron chi connectivity index (χ0n) is 19.2. The maximum atomic E-state index is 6.17. The number of aromatic amines is 1. The van der Waals surface area contributed by atoms with Gasteiger partial charge in [0, 0.05) is 34.8 Å². The van der Waals surface area contributed by atoms with Crippen LogP contribution in [0.15, 0.2) is 73.3 Å². The van der Waals surface area contributed by atoms with Gasteiger partial charge in [0.1, 0.15) is 17.1 Å².